The van der Waals surface area contributed by atoms with Crippen molar-refractivity contribution in [1.82, 2.24) is 0 Å². The quantitative estimate of drug-likeness (QED) is 0.824. The van der Waals surface area contributed by atoms with Crippen LogP contribution >= 0.6 is 0 Å². The predicted molar refractivity (Wildman–Crippen MR) is 73.0 cm³/mol. The molecule has 1 aromatic rings. The van der Waals surface area contributed by atoms with Crippen molar-refractivity contribution in [2.75, 3.05) is 5.32 Å². The monoisotopic (exact) mass is 265 g/mol. The number of hydrogen-bond acceptors (Lipinski definition) is 1. The van der Waals surface area contributed by atoms with E-state index in [9.17, 15) is 8.78 Å². The summed E-state index contributed by atoms with van der Waals surface area (Å²) in [6.07, 6.45) is 3.68. The van der Waals surface area contributed by atoms with Crippen LogP contribution in [0.1, 0.15) is 40.0 Å². The smallest absolute Gasteiger partial charge is 0.149 e. The van der Waals surface area contributed by atoms with Crippen LogP contribution in [-0.4, -0.2) is 6.04 Å². The van der Waals surface area contributed by atoms with Gasteiger partial charge >= 0.3 is 0 Å². The van der Waals surface area contributed by atoms with Crippen LogP contribution in [0.4, 0.5) is 14.5 Å². The molecule has 0 spiro atoms. The zero-order valence-corrected chi connectivity index (χ0v) is 11.8. The number of anilines is 1. The summed E-state index contributed by atoms with van der Waals surface area (Å²) in [5.41, 5.74) is 0.816. The molecular formula is C16H21F2N. The Hall–Kier alpha value is -1.12. The molecule has 3 rings (SSSR count). The first-order chi connectivity index (χ1) is 8.83. The highest BCUT2D eigenvalue weighted by Crippen LogP contribution is 2.63. The van der Waals surface area contributed by atoms with Crippen LogP contribution in [0, 0.1) is 28.4 Å². The third-order valence-electron chi connectivity index (χ3n) is 5.50. The molecule has 19 heavy (non-hydrogen) atoms. The molecule has 1 nitrogen and oxygen atoms in total. The Morgan fingerprint density at radius 2 is 1.95 bits per heavy atom. The predicted octanol–water partition coefficient (Wildman–Crippen LogP) is 4.59. The summed E-state index contributed by atoms with van der Waals surface area (Å²) >= 11 is 0. The van der Waals surface area contributed by atoms with Gasteiger partial charge in [0.15, 0.2) is 0 Å². The van der Waals surface area contributed by atoms with E-state index in [0.717, 1.165) is 6.07 Å². The van der Waals surface area contributed by atoms with Gasteiger partial charge in [-0.15, -0.1) is 0 Å². The van der Waals surface area contributed by atoms with Gasteiger partial charge in [-0.05, 0) is 48.1 Å². The van der Waals surface area contributed by atoms with Gasteiger partial charge in [0, 0.05) is 12.1 Å². The van der Waals surface area contributed by atoms with E-state index in [0.29, 0.717) is 11.6 Å². The number of nitrogens with one attached hydrogen (secondary N) is 1. The lowest BCUT2D eigenvalue weighted by molar-refractivity contribution is 0.155. The maximum Gasteiger partial charge on any atom is 0.149 e. The largest absolute Gasteiger partial charge is 0.379 e. The second-order valence-electron chi connectivity index (χ2n) is 7.12. The molecular weight excluding hydrogens is 244 g/mol. The maximum atomic E-state index is 13.8. The van der Waals surface area contributed by atoms with Gasteiger partial charge in [0.2, 0.25) is 0 Å². The summed E-state index contributed by atoms with van der Waals surface area (Å²) in [7, 11) is 0. The van der Waals surface area contributed by atoms with Crippen LogP contribution in [0.25, 0.3) is 0 Å². The standard InChI is InChI=1S/C16H21F2N/c1-15(2)10-6-7-16(3,9-10)14(15)19-13-5-4-11(17)8-12(13)18/h4-5,8,10,14,19H,6-7,9H2,1-3H3. The number of hydrogen-bond donors (Lipinski definition) is 1. The fourth-order valence-electron chi connectivity index (χ4n) is 4.42. The Kier molecular flexibility index (Phi) is 2.67. The first kappa shape index (κ1) is 12.9. The molecule has 2 fully saturated rings. The van der Waals surface area contributed by atoms with Gasteiger partial charge in [-0.1, -0.05) is 20.8 Å². The van der Waals surface area contributed by atoms with Crippen molar-refractivity contribution in [3.8, 4) is 0 Å². The van der Waals surface area contributed by atoms with Gasteiger partial charge < -0.3 is 5.32 Å². The van der Waals surface area contributed by atoms with Gasteiger partial charge in [0.1, 0.15) is 11.6 Å². The molecule has 1 aromatic carbocycles. The third kappa shape index (κ3) is 1.86. The highest BCUT2D eigenvalue weighted by atomic mass is 19.1. The minimum atomic E-state index is -0.526. The number of halogens is 2. The summed E-state index contributed by atoms with van der Waals surface area (Å²) in [5.74, 6) is -0.317. The Labute approximate surface area is 113 Å². The summed E-state index contributed by atoms with van der Waals surface area (Å²) < 4.78 is 26.8. The van der Waals surface area contributed by atoms with Gasteiger partial charge in [0.25, 0.3) is 0 Å². The van der Waals surface area contributed by atoms with E-state index in [-0.39, 0.29) is 16.9 Å². The fourth-order valence-corrected chi connectivity index (χ4v) is 4.42. The van der Waals surface area contributed by atoms with Crippen LogP contribution in [0.2, 0.25) is 0 Å². The minimum Gasteiger partial charge on any atom is -0.379 e. The normalized spacial score (nSPS) is 35.6. The Morgan fingerprint density at radius 1 is 1.21 bits per heavy atom. The van der Waals surface area contributed by atoms with E-state index in [1.165, 1.54) is 31.4 Å². The highest BCUT2D eigenvalue weighted by molar-refractivity contribution is 5.47. The first-order valence-electron chi connectivity index (χ1n) is 7.04. The van der Waals surface area contributed by atoms with E-state index in [4.69, 9.17) is 0 Å². The van der Waals surface area contributed by atoms with Crippen LogP contribution in [0.3, 0.4) is 0 Å². The maximum absolute atomic E-state index is 13.8. The minimum absolute atomic E-state index is 0.161. The molecule has 2 saturated carbocycles. The Balaban J connectivity index is 1.90. The molecule has 1 N–H and O–H groups in total. The average Bonchev–Trinajstić information content (AvgIpc) is 2.78. The second kappa shape index (κ2) is 3.94. The van der Waals surface area contributed by atoms with Crippen LogP contribution in [0.15, 0.2) is 18.2 Å². The molecule has 2 aliphatic rings. The molecule has 104 valence electrons. The molecule has 0 amide bonds. The van der Waals surface area contributed by atoms with E-state index < -0.39 is 11.6 Å². The SMILES string of the molecule is CC12CCC(C1)C(C)(C)C2Nc1ccc(F)cc1F. The molecule has 2 aliphatic carbocycles. The number of fused-ring (bicyclic) bond motifs is 2. The van der Waals surface area contributed by atoms with E-state index >= 15 is 0 Å². The van der Waals surface area contributed by atoms with Crippen LogP contribution < -0.4 is 5.32 Å². The Bertz CT molecular complexity index is 507. The average molecular weight is 265 g/mol. The first-order valence-corrected chi connectivity index (χ1v) is 7.04. The summed E-state index contributed by atoms with van der Waals surface area (Å²) in [5, 5.41) is 3.36. The molecule has 3 heteroatoms. The fraction of sp³-hybridized carbons (Fsp3) is 0.625. The molecule has 0 radical (unpaired) electrons. The van der Waals surface area contributed by atoms with Crippen LogP contribution in [-0.2, 0) is 0 Å². The lowest BCUT2D eigenvalue weighted by atomic mass is 9.68. The van der Waals surface area contributed by atoms with Crippen molar-refractivity contribution in [3.63, 3.8) is 0 Å². The van der Waals surface area contributed by atoms with Gasteiger partial charge in [-0.3, -0.25) is 0 Å². The van der Waals surface area contributed by atoms with Gasteiger partial charge in [-0.2, -0.15) is 0 Å². The third-order valence-corrected chi connectivity index (χ3v) is 5.50. The van der Waals surface area contributed by atoms with Crippen molar-refractivity contribution in [3.05, 3.63) is 29.8 Å². The molecule has 0 heterocycles. The molecule has 3 atom stereocenters. The van der Waals surface area contributed by atoms with Crippen molar-refractivity contribution < 1.29 is 8.78 Å². The van der Waals surface area contributed by atoms with Crippen molar-refractivity contribution in [2.45, 2.75) is 46.1 Å². The summed E-state index contributed by atoms with van der Waals surface area (Å²) in [4.78, 5) is 0. The molecule has 0 aromatic heterocycles. The zero-order valence-electron chi connectivity index (χ0n) is 11.8. The van der Waals surface area contributed by atoms with Gasteiger partial charge in [0.05, 0.1) is 5.69 Å². The van der Waals surface area contributed by atoms with Gasteiger partial charge in [-0.25, -0.2) is 8.78 Å². The lowest BCUT2D eigenvalue weighted by Crippen LogP contribution is -2.45. The highest BCUT2D eigenvalue weighted by Gasteiger charge is 2.59. The lowest BCUT2D eigenvalue weighted by Gasteiger charge is -2.43. The number of benzene rings is 1. The zero-order chi connectivity index (χ0) is 13.8. The van der Waals surface area contributed by atoms with E-state index in [2.05, 4.69) is 26.1 Å². The second-order valence-corrected chi connectivity index (χ2v) is 7.12. The van der Waals surface area contributed by atoms with Crippen molar-refractivity contribution >= 4 is 5.69 Å². The molecule has 0 saturated heterocycles. The molecule has 0 aliphatic heterocycles. The number of rotatable bonds is 2. The van der Waals surface area contributed by atoms with E-state index in [1.807, 2.05) is 0 Å². The summed E-state index contributed by atoms with van der Waals surface area (Å²) in [6.45, 7) is 6.82. The molecule has 3 unspecified atom stereocenters. The van der Waals surface area contributed by atoms with Crippen molar-refractivity contribution in [2.24, 2.45) is 16.7 Å². The van der Waals surface area contributed by atoms with E-state index in [1.54, 1.807) is 0 Å². The van der Waals surface area contributed by atoms with Crippen molar-refractivity contribution in [1.29, 1.82) is 0 Å². The summed E-state index contributed by atoms with van der Waals surface area (Å²) in [6, 6.07) is 4.02. The topological polar surface area (TPSA) is 12.0 Å². The molecule has 2 bridgehead atoms. The Morgan fingerprint density at radius 3 is 2.53 bits per heavy atom. The van der Waals surface area contributed by atoms with Crippen LogP contribution in [0.5, 0.6) is 0 Å².